The topological polar surface area (TPSA) is 77.0 Å². The van der Waals surface area contributed by atoms with Crippen LogP contribution in [0.2, 0.25) is 0 Å². The van der Waals surface area contributed by atoms with Crippen molar-refractivity contribution in [2.24, 2.45) is 5.84 Å². The zero-order valence-corrected chi connectivity index (χ0v) is 9.70. The highest BCUT2D eigenvalue weighted by atomic mass is 19.2. The highest BCUT2D eigenvalue weighted by molar-refractivity contribution is 5.45. The molecule has 0 spiro atoms. The normalized spacial score (nSPS) is 12.4. The summed E-state index contributed by atoms with van der Waals surface area (Å²) in [5.41, 5.74) is 8.60. The molecule has 0 amide bonds. The molecule has 2 rings (SSSR count). The Morgan fingerprint density at radius 3 is 2.32 bits per heavy atom. The Morgan fingerprint density at radius 2 is 1.79 bits per heavy atom. The third kappa shape index (κ3) is 2.51. The fraction of sp³-hybridized carbons (Fsp3) is 0.0833. The lowest BCUT2D eigenvalue weighted by atomic mass is 9.99. The summed E-state index contributed by atoms with van der Waals surface area (Å²) in [5, 5.41) is 0. The molecule has 1 heterocycles. The molecule has 0 bridgehead atoms. The lowest BCUT2D eigenvalue weighted by Crippen LogP contribution is -2.30. The Morgan fingerprint density at radius 1 is 1.16 bits per heavy atom. The van der Waals surface area contributed by atoms with Crippen molar-refractivity contribution in [1.82, 2.24) is 10.4 Å². The number of benzene rings is 1. The van der Waals surface area contributed by atoms with Crippen LogP contribution in [0, 0.1) is 17.5 Å². The number of nitrogens with one attached hydrogen (secondary N) is 1. The minimum absolute atomic E-state index is 0.110. The predicted molar refractivity (Wildman–Crippen MR) is 64.1 cm³/mol. The van der Waals surface area contributed by atoms with Gasteiger partial charge in [0.1, 0.15) is 5.82 Å². The van der Waals surface area contributed by atoms with Crippen molar-refractivity contribution in [3.63, 3.8) is 0 Å². The van der Waals surface area contributed by atoms with Gasteiger partial charge >= 0.3 is 0 Å². The molecule has 2 aromatic rings. The maximum atomic E-state index is 13.2. The van der Waals surface area contributed by atoms with E-state index in [4.69, 9.17) is 11.6 Å². The van der Waals surface area contributed by atoms with E-state index in [0.717, 1.165) is 12.1 Å². The second-order valence-electron chi connectivity index (χ2n) is 3.88. The van der Waals surface area contributed by atoms with Gasteiger partial charge in [-0.3, -0.25) is 5.84 Å². The van der Waals surface area contributed by atoms with E-state index in [1.54, 1.807) is 12.1 Å². The number of nitrogen functional groups attached to an aromatic ring is 1. The number of nitrogens with two attached hydrogens (primary N) is 2. The largest absolute Gasteiger partial charge is 0.383 e. The molecule has 0 fully saturated rings. The standard InChI is InChI=1S/C12H11F3N4/c13-8-4-6(5-9(14)10(8)15)11(19-17)7-2-1-3-18-12(7)16/h1-5,11,19H,17H2,(H2,16,18). The Bertz CT molecular complexity index is 580. The maximum Gasteiger partial charge on any atom is 0.194 e. The van der Waals surface area contributed by atoms with Gasteiger partial charge in [0.2, 0.25) is 0 Å². The quantitative estimate of drug-likeness (QED) is 0.449. The van der Waals surface area contributed by atoms with Gasteiger partial charge in [-0.2, -0.15) is 0 Å². The Kier molecular flexibility index (Phi) is 3.68. The average molecular weight is 268 g/mol. The Balaban J connectivity index is 2.52. The molecule has 0 aliphatic heterocycles. The lowest BCUT2D eigenvalue weighted by Gasteiger charge is -2.18. The van der Waals surface area contributed by atoms with Gasteiger partial charge in [-0.25, -0.2) is 23.6 Å². The second kappa shape index (κ2) is 5.25. The first-order valence-corrected chi connectivity index (χ1v) is 5.35. The van der Waals surface area contributed by atoms with E-state index < -0.39 is 23.5 Å². The van der Waals surface area contributed by atoms with Crippen LogP contribution in [0.1, 0.15) is 17.2 Å². The number of hydrogen-bond acceptors (Lipinski definition) is 4. The summed E-state index contributed by atoms with van der Waals surface area (Å²) in [6, 6.07) is 4.13. The van der Waals surface area contributed by atoms with E-state index in [1.165, 1.54) is 6.20 Å². The van der Waals surface area contributed by atoms with Crippen molar-refractivity contribution in [2.45, 2.75) is 6.04 Å². The minimum Gasteiger partial charge on any atom is -0.383 e. The molecule has 1 unspecified atom stereocenters. The molecule has 0 aliphatic rings. The van der Waals surface area contributed by atoms with E-state index in [0.29, 0.717) is 5.56 Å². The van der Waals surface area contributed by atoms with Crippen LogP contribution in [0.25, 0.3) is 0 Å². The van der Waals surface area contributed by atoms with Gasteiger partial charge < -0.3 is 5.73 Å². The van der Waals surface area contributed by atoms with Crippen LogP contribution in [-0.2, 0) is 0 Å². The molecular formula is C12H11F3N4. The molecule has 7 heteroatoms. The first kappa shape index (κ1) is 13.3. The molecule has 4 nitrogen and oxygen atoms in total. The first-order valence-electron chi connectivity index (χ1n) is 5.35. The maximum absolute atomic E-state index is 13.2. The van der Waals surface area contributed by atoms with Gasteiger partial charge in [0, 0.05) is 11.8 Å². The first-order chi connectivity index (χ1) is 9.04. The fourth-order valence-corrected chi connectivity index (χ4v) is 1.78. The summed E-state index contributed by atoms with van der Waals surface area (Å²) in [5.74, 6) is 1.42. The minimum atomic E-state index is -1.53. The van der Waals surface area contributed by atoms with Crippen molar-refractivity contribution in [2.75, 3.05) is 5.73 Å². The number of nitrogens with zero attached hydrogens (tertiary/aromatic N) is 1. The van der Waals surface area contributed by atoms with Crippen LogP contribution in [0.5, 0.6) is 0 Å². The molecule has 1 atom stereocenters. The molecule has 1 aromatic carbocycles. The van der Waals surface area contributed by atoms with E-state index in [2.05, 4.69) is 10.4 Å². The monoisotopic (exact) mass is 268 g/mol. The van der Waals surface area contributed by atoms with Gasteiger partial charge in [-0.1, -0.05) is 6.07 Å². The number of aromatic nitrogens is 1. The highest BCUT2D eigenvalue weighted by Gasteiger charge is 2.20. The van der Waals surface area contributed by atoms with Crippen LogP contribution in [0.4, 0.5) is 19.0 Å². The summed E-state index contributed by atoms with van der Waals surface area (Å²) < 4.78 is 39.4. The smallest absolute Gasteiger partial charge is 0.194 e. The Hall–Kier alpha value is -2.12. The lowest BCUT2D eigenvalue weighted by molar-refractivity contribution is 0.442. The third-order valence-corrected chi connectivity index (χ3v) is 2.69. The summed E-state index contributed by atoms with van der Waals surface area (Å²) >= 11 is 0. The van der Waals surface area contributed by atoms with Crippen molar-refractivity contribution < 1.29 is 13.2 Å². The van der Waals surface area contributed by atoms with E-state index >= 15 is 0 Å². The van der Waals surface area contributed by atoms with Crippen molar-refractivity contribution >= 4 is 5.82 Å². The van der Waals surface area contributed by atoms with Gasteiger partial charge in [-0.05, 0) is 23.8 Å². The molecule has 0 aliphatic carbocycles. The summed E-state index contributed by atoms with van der Waals surface area (Å²) in [7, 11) is 0. The van der Waals surface area contributed by atoms with Crippen LogP contribution >= 0.6 is 0 Å². The van der Waals surface area contributed by atoms with Crippen LogP contribution in [0.3, 0.4) is 0 Å². The number of halogens is 3. The molecule has 100 valence electrons. The SMILES string of the molecule is NNC(c1cc(F)c(F)c(F)c1)c1cccnc1N. The van der Waals surface area contributed by atoms with Crippen LogP contribution < -0.4 is 17.0 Å². The van der Waals surface area contributed by atoms with E-state index in [1.807, 2.05) is 0 Å². The molecular weight excluding hydrogens is 257 g/mol. The summed E-state index contributed by atoms with van der Waals surface area (Å²) in [6.45, 7) is 0. The van der Waals surface area contributed by atoms with Gasteiger partial charge in [0.25, 0.3) is 0 Å². The summed E-state index contributed by atoms with van der Waals surface area (Å²) in [6.07, 6.45) is 1.47. The number of hydrazine groups is 1. The van der Waals surface area contributed by atoms with Crippen LogP contribution in [-0.4, -0.2) is 4.98 Å². The molecule has 0 radical (unpaired) electrons. The van der Waals surface area contributed by atoms with E-state index in [-0.39, 0.29) is 11.4 Å². The zero-order valence-electron chi connectivity index (χ0n) is 9.70. The summed E-state index contributed by atoms with van der Waals surface area (Å²) in [4.78, 5) is 3.86. The fourth-order valence-electron chi connectivity index (χ4n) is 1.78. The number of hydrogen-bond donors (Lipinski definition) is 3. The van der Waals surface area contributed by atoms with Gasteiger partial charge in [0.15, 0.2) is 17.5 Å². The zero-order chi connectivity index (χ0) is 14.0. The molecule has 19 heavy (non-hydrogen) atoms. The predicted octanol–water partition coefficient (Wildman–Crippen LogP) is 1.63. The van der Waals surface area contributed by atoms with Crippen molar-refractivity contribution in [3.05, 3.63) is 59.0 Å². The average Bonchev–Trinajstić information content (AvgIpc) is 2.39. The van der Waals surface area contributed by atoms with Crippen molar-refractivity contribution in [1.29, 1.82) is 0 Å². The van der Waals surface area contributed by atoms with Crippen LogP contribution in [0.15, 0.2) is 30.5 Å². The Labute approximate surface area is 107 Å². The second-order valence-corrected chi connectivity index (χ2v) is 3.88. The molecule has 0 saturated carbocycles. The number of anilines is 1. The van der Waals surface area contributed by atoms with Crippen molar-refractivity contribution in [3.8, 4) is 0 Å². The molecule has 0 saturated heterocycles. The molecule has 1 aromatic heterocycles. The molecule has 5 N–H and O–H groups in total. The highest BCUT2D eigenvalue weighted by Crippen LogP contribution is 2.26. The van der Waals surface area contributed by atoms with E-state index in [9.17, 15) is 13.2 Å². The third-order valence-electron chi connectivity index (χ3n) is 2.69. The van der Waals surface area contributed by atoms with Gasteiger partial charge in [-0.15, -0.1) is 0 Å². The van der Waals surface area contributed by atoms with Gasteiger partial charge in [0.05, 0.1) is 6.04 Å². The number of pyridine rings is 1. The number of rotatable bonds is 3.